The monoisotopic (exact) mass is 164 g/mol. The fourth-order valence-corrected chi connectivity index (χ4v) is 0.510. The van der Waals surface area contributed by atoms with Crippen LogP contribution in [0.4, 0.5) is 0 Å². The van der Waals surface area contributed by atoms with E-state index in [9.17, 15) is 0 Å². The molecule has 1 heterocycles. The quantitative estimate of drug-likeness (QED) is 0.501. The molecular weight excluding hydrogens is 148 g/mol. The van der Waals surface area contributed by atoms with Gasteiger partial charge in [0.1, 0.15) is 0 Å². The highest BCUT2D eigenvalue weighted by molar-refractivity contribution is 6.23. The van der Waals surface area contributed by atoms with E-state index in [0.717, 1.165) is 13.2 Å². The van der Waals surface area contributed by atoms with E-state index in [-0.39, 0.29) is 4.87 Å². The van der Waals surface area contributed by atoms with Crippen molar-refractivity contribution in [1.29, 1.82) is 0 Å². The van der Waals surface area contributed by atoms with Crippen LogP contribution in [0.2, 0.25) is 0 Å². The van der Waals surface area contributed by atoms with E-state index in [0.29, 0.717) is 0 Å². The first kappa shape index (κ1) is 10.2. The maximum absolute atomic E-state index is 5.53. The van der Waals surface area contributed by atoms with E-state index in [2.05, 4.69) is 0 Å². The van der Waals surface area contributed by atoms with Gasteiger partial charge in [0.15, 0.2) is 0 Å². The van der Waals surface area contributed by atoms with Gasteiger partial charge in [0.2, 0.25) is 0 Å². The van der Waals surface area contributed by atoms with Gasteiger partial charge in [-0.3, -0.25) is 0 Å². The van der Waals surface area contributed by atoms with Gasteiger partial charge in [0, 0.05) is 18.1 Å². The number of halogens is 1. The van der Waals surface area contributed by atoms with Crippen molar-refractivity contribution in [3.63, 3.8) is 0 Å². The zero-order valence-corrected chi connectivity index (χ0v) is 7.87. The summed E-state index contributed by atoms with van der Waals surface area (Å²) >= 11 is 5.53. The van der Waals surface area contributed by atoms with Gasteiger partial charge in [0.05, 0.1) is 0 Å². The fraction of sp³-hybridized carbons (Fsp3) is 1.00. The summed E-state index contributed by atoms with van der Waals surface area (Å²) in [5, 5.41) is 0. The summed E-state index contributed by atoms with van der Waals surface area (Å²) < 4.78 is 4.94. The summed E-state index contributed by atoms with van der Waals surface area (Å²) in [5.41, 5.74) is 0. The van der Waals surface area contributed by atoms with Crippen LogP contribution in [0.1, 0.15) is 33.6 Å². The summed E-state index contributed by atoms with van der Waals surface area (Å²) in [4.78, 5) is -0.0278. The second-order valence-corrected chi connectivity index (χ2v) is 4.52. The molecule has 1 rings (SSSR count). The Kier molecular flexibility index (Phi) is 5.10. The molecule has 1 saturated heterocycles. The zero-order chi connectivity index (χ0) is 8.04. The molecule has 1 fully saturated rings. The van der Waals surface area contributed by atoms with Crippen LogP contribution in [0, 0.1) is 0 Å². The van der Waals surface area contributed by atoms with Crippen molar-refractivity contribution < 1.29 is 4.74 Å². The minimum Gasteiger partial charge on any atom is -0.381 e. The molecule has 0 unspecified atom stereocenters. The average molecular weight is 165 g/mol. The first-order chi connectivity index (χ1) is 4.50. The van der Waals surface area contributed by atoms with Crippen LogP contribution in [0.5, 0.6) is 0 Å². The normalized spacial score (nSPS) is 18.0. The lowest BCUT2D eigenvalue weighted by molar-refractivity contribution is 0.198. The number of ether oxygens (including phenoxy) is 1. The summed E-state index contributed by atoms with van der Waals surface area (Å²) in [5.74, 6) is 0. The van der Waals surface area contributed by atoms with E-state index >= 15 is 0 Å². The molecule has 1 nitrogen and oxygen atoms in total. The first-order valence-electron chi connectivity index (χ1n) is 3.77. The Hall–Kier alpha value is 0.250. The van der Waals surface area contributed by atoms with Gasteiger partial charge in [-0.05, 0) is 33.6 Å². The van der Waals surface area contributed by atoms with Crippen LogP contribution >= 0.6 is 11.6 Å². The van der Waals surface area contributed by atoms with Crippen LogP contribution in [0.25, 0.3) is 0 Å². The SMILES string of the molecule is C1CCOC1.CC(C)(C)Cl. The Morgan fingerprint density at radius 3 is 1.50 bits per heavy atom. The minimum atomic E-state index is -0.0278. The molecule has 0 bridgehead atoms. The zero-order valence-electron chi connectivity index (χ0n) is 7.11. The number of alkyl halides is 1. The lowest BCUT2D eigenvalue weighted by Crippen LogP contribution is -1.99. The number of hydrogen-bond donors (Lipinski definition) is 0. The van der Waals surface area contributed by atoms with Crippen molar-refractivity contribution in [2.24, 2.45) is 0 Å². The van der Waals surface area contributed by atoms with Crippen LogP contribution in [-0.2, 0) is 4.74 Å². The third-order valence-corrected chi connectivity index (χ3v) is 0.827. The summed E-state index contributed by atoms with van der Waals surface area (Å²) in [6.07, 6.45) is 2.56. The molecule has 2 heteroatoms. The van der Waals surface area contributed by atoms with Crippen molar-refractivity contribution in [1.82, 2.24) is 0 Å². The van der Waals surface area contributed by atoms with E-state index in [1.165, 1.54) is 12.8 Å². The highest BCUT2D eigenvalue weighted by Gasteiger charge is 1.99. The molecule has 1 aliphatic heterocycles. The fourth-order valence-electron chi connectivity index (χ4n) is 0.510. The molecule has 0 radical (unpaired) electrons. The Morgan fingerprint density at radius 2 is 1.40 bits per heavy atom. The Morgan fingerprint density at radius 1 is 1.10 bits per heavy atom. The van der Waals surface area contributed by atoms with E-state index in [4.69, 9.17) is 16.3 Å². The minimum absolute atomic E-state index is 0.0278. The topological polar surface area (TPSA) is 9.23 Å². The molecule has 0 atom stereocenters. The largest absolute Gasteiger partial charge is 0.381 e. The van der Waals surface area contributed by atoms with Crippen LogP contribution in [0.15, 0.2) is 0 Å². The van der Waals surface area contributed by atoms with Crippen molar-refractivity contribution in [3.05, 3.63) is 0 Å². The third kappa shape index (κ3) is 15.7. The molecule has 0 spiro atoms. The molecule has 0 aromatic rings. The van der Waals surface area contributed by atoms with Crippen LogP contribution in [-0.4, -0.2) is 18.1 Å². The van der Waals surface area contributed by atoms with Crippen LogP contribution < -0.4 is 0 Å². The van der Waals surface area contributed by atoms with E-state index in [1.54, 1.807) is 0 Å². The second-order valence-electron chi connectivity index (χ2n) is 3.39. The van der Waals surface area contributed by atoms with Crippen molar-refractivity contribution in [2.75, 3.05) is 13.2 Å². The molecule has 0 aromatic carbocycles. The number of hydrogen-bond acceptors (Lipinski definition) is 1. The van der Waals surface area contributed by atoms with Gasteiger partial charge in [-0.2, -0.15) is 0 Å². The Labute approximate surface area is 68.7 Å². The second kappa shape index (κ2) is 4.97. The summed E-state index contributed by atoms with van der Waals surface area (Å²) in [6.45, 7) is 7.86. The highest BCUT2D eigenvalue weighted by atomic mass is 35.5. The molecule has 62 valence electrons. The molecule has 10 heavy (non-hydrogen) atoms. The number of rotatable bonds is 0. The average Bonchev–Trinajstić information content (AvgIpc) is 2.07. The highest BCUT2D eigenvalue weighted by Crippen LogP contribution is 2.07. The van der Waals surface area contributed by atoms with Gasteiger partial charge in [-0.15, -0.1) is 11.6 Å². The van der Waals surface area contributed by atoms with Gasteiger partial charge in [-0.1, -0.05) is 0 Å². The predicted octanol–water partition coefficient (Wildman–Crippen LogP) is 2.82. The van der Waals surface area contributed by atoms with Gasteiger partial charge in [0.25, 0.3) is 0 Å². The van der Waals surface area contributed by atoms with Crippen molar-refractivity contribution in [3.8, 4) is 0 Å². The lowest BCUT2D eigenvalue weighted by atomic mass is 10.3. The standard InChI is InChI=1S/C4H9Cl.C4H8O/c1-4(2,3)5;1-2-4-5-3-1/h1-3H3;1-4H2. The smallest absolute Gasteiger partial charge is 0.0466 e. The molecule has 0 aromatic heterocycles. The maximum Gasteiger partial charge on any atom is 0.0466 e. The summed E-state index contributed by atoms with van der Waals surface area (Å²) in [7, 11) is 0. The molecule has 0 aliphatic carbocycles. The van der Waals surface area contributed by atoms with Crippen LogP contribution in [0.3, 0.4) is 0 Å². The first-order valence-corrected chi connectivity index (χ1v) is 4.14. The molecule has 0 amide bonds. The van der Waals surface area contributed by atoms with Crippen molar-refractivity contribution in [2.45, 2.75) is 38.5 Å². The molecule has 0 saturated carbocycles. The molecule has 0 N–H and O–H groups in total. The van der Waals surface area contributed by atoms with Gasteiger partial charge < -0.3 is 4.74 Å². The maximum atomic E-state index is 5.53. The summed E-state index contributed by atoms with van der Waals surface area (Å²) in [6, 6.07) is 0. The van der Waals surface area contributed by atoms with Crippen molar-refractivity contribution >= 4 is 11.6 Å². The Bertz CT molecular complexity index is 58.2. The van der Waals surface area contributed by atoms with Gasteiger partial charge >= 0.3 is 0 Å². The van der Waals surface area contributed by atoms with E-state index in [1.807, 2.05) is 20.8 Å². The predicted molar refractivity (Wildman–Crippen MR) is 45.7 cm³/mol. The Balaban J connectivity index is 0.000000162. The third-order valence-electron chi connectivity index (χ3n) is 0.827. The van der Waals surface area contributed by atoms with Gasteiger partial charge in [-0.25, -0.2) is 0 Å². The van der Waals surface area contributed by atoms with E-state index < -0.39 is 0 Å². The molecular formula is C8H17ClO. The lowest BCUT2D eigenvalue weighted by Gasteiger charge is -2.01. The molecule has 1 aliphatic rings.